The van der Waals surface area contributed by atoms with E-state index in [0.29, 0.717) is 24.9 Å². The number of unbranched alkanes of at least 4 members (excludes halogenated alkanes) is 2. The summed E-state index contributed by atoms with van der Waals surface area (Å²) in [5.74, 6) is 0.706. The van der Waals surface area contributed by atoms with Crippen molar-refractivity contribution >= 4 is 24.3 Å². The highest BCUT2D eigenvalue weighted by Gasteiger charge is 2.25. The summed E-state index contributed by atoms with van der Waals surface area (Å²) in [6, 6.07) is 0.477. The van der Waals surface area contributed by atoms with Crippen LogP contribution in [0.25, 0.3) is 0 Å². The average Bonchev–Trinajstić information content (AvgIpc) is 2.65. The van der Waals surface area contributed by atoms with Gasteiger partial charge in [-0.05, 0) is 51.4 Å². The van der Waals surface area contributed by atoms with Crippen LogP contribution in [0.1, 0.15) is 77.6 Å². The van der Waals surface area contributed by atoms with E-state index in [9.17, 15) is 9.59 Å². The maximum atomic E-state index is 12.3. The molecule has 1 heterocycles. The monoisotopic (exact) mass is 402 g/mol. The second-order valence-electron chi connectivity index (χ2n) is 8.15. The normalized spacial score (nSPS) is 21.9. The van der Waals surface area contributed by atoms with E-state index in [0.717, 1.165) is 58.0 Å². The molecule has 27 heavy (non-hydrogen) atoms. The van der Waals surface area contributed by atoms with Crippen molar-refractivity contribution in [2.24, 2.45) is 11.7 Å². The Bertz CT molecular complexity index is 442. The van der Waals surface area contributed by atoms with Crippen LogP contribution in [0.3, 0.4) is 0 Å². The van der Waals surface area contributed by atoms with Gasteiger partial charge in [0.25, 0.3) is 0 Å². The second kappa shape index (κ2) is 13.2. The number of nitrogens with one attached hydrogen (secondary N) is 2. The Morgan fingerprint density at radius 3 is 2.52 bits per heavy atom. The number of hydrogen-bond donors (Lipinski definition) is 3. The molecule has 6 nitrogen and oxygen atoms in total. The molecule has 2 aliphatic rings. The van der Waals surface area contributed by atoms with Crippen molar-refractivity contribution in [1.29, 1.82) is 0 Å². The summed E-state index contributed by atoms with van der Waals surface area (Å²) in [7, 11) is 0. The van der Waals surface area contributed by atoms with Crippen molar-refractivity contribution < 1.29 is 9.59 Å². The minimum absolute atomic E-state index is 0. The Morgan fingerprint density at radius 1 is 1.07 bits per heavy atom. The fourth-order valence-electron chi connectivity index (χ4n) is 4.09. The predicted molar refractivity (Wildman–Crippen MR) is 112 cm³/mol. The Balaban J connectivity index is 0.00000364. The highest BCUT2D eigenvalue weighted by atomic mass is 35.5. The van der Waals surface area contributed by atoms with E-state index >= 15 is 0 Å². The molecule has 2 fully saturated rings. The zero-order chi connectivity index (χ0) is 18.8. The summed E-state index contributed by atoms with van der Waals surface area (Å²) < 4.78 is 0. The third-order valence-electron chi connectivity index (χ3n) is 5.85. The summed E-state index contributed by atoms with van der Waals surface area (Å²) in [5.41, 5.74) is 5.99. The summed E-state index contributed by atoms with van der Waals surface area (Å²) in [6.45, 7) is 4.42. The van der Waals surface area contributed by atoms with Gasteiger partial charge in [0.1, 0.15) is 0 Å². The molecular weight excluding hydrogens is 364 g/mol. The van der Waals surface area contributed by atoms with Crippen LogP contribution in [0.4, 0.5) is 4.79 Å². The van der Waals surface area contributed by atoms with Crippen LogP contribution >= 0.6 is 12.4 Å². The van der Waals surface area contributed by atoms with Gasteiger partial charge >= 0.3 is 6.03 Å². The maximum Gasteiger partial charge on any atom is 0.315 e. The number of piperidine rings is 1. The number of amides is 3. The summed E-state index contributed by atoms with van der Waals surface area (Å²) >= 11 is 0. The van der Waals surface area contributed by atoms with Crippen molar-refractivity contribution in [3.63, 3.8) is 0 Å². The molecule has 4 N–H and O–H groups in total. The minimum Gasteiger partial charge on any atom is -0.342 e. The number of hydrogen-bond acceptors (Lipinski definition) is 3. The quantitative estimate of drug-likeness (QED) is 0.545. The topological polar surface area (TPSA) is 87.5 Å². The molecule has 1 saturated heterocycles. The van der Waals surface area contributed by atoms with Crippen molar-refractivity contribution in [3.05, 3.63) is 0 Å². The smallest absolute Gasteiger partial charge is 0.315 e. The van der Waals surface area contributed by atoms with Gasteiger partial charge in [0.15, 0.2) is 0 Å². The average molecular weight is 403 g/mol. The molecular formula is C20H39ClN4O2. The van der Waals surface area contributed by atoms with Crippen LogP contribution in [0.5, 0.6) is 0 Å². The molecule has 2 rings (SSSR count). The molecule has 2 atom stereocenters. The molecule has 0 aromatic carbocycles. The van der Waals surface area contributed by atoms with Crippen LogP contribution in [0.15, 0.2) is 0 Å². The highest BCUT2D eigenvalue weighted by Crippen LogP contribution is 2.20. The lowest BCUT2D eigenvalue weighted by Gasteiger charge is -2.34. The molecule has 3 amide bonds. The van der Waals surface area contributed by atoms with Gasteiger partial charge < -0.3 is 21.3 Å². The molecule has 1 aliphatic heterocycles. The lowest BCUT2D eigenvalue weighted by atomic mass is 9.92. The van der Waals surface area contributed by atoms with Crippen molar-refractivity contribution in [2.45, 2.75) is 89.6 Å². The molecule has 1 saturated carbocycles. The highest BCUT2D eigenvalue weighted by molar-refractivity contribution is 5.85. The van der Waals surface area contributed by atoms with Gasteiger partial charge in [0.05, 0.1) is 0 Å². The maximum absolute atomic E-state index is 12.3. The number of likely N-dealkylation sites (tertiary alicyclic amines) is 1. The predicted octanol–water partition coefficient (Wildman–Crippen LogP) is 3.19. The van der Waals surface area contributed by atoms with E-state index in [2.05, 4.69) is 10.6 Å². The zero-order valence-electron chi connectivity index (χ0n) is 16.9. The first-order valence-electron chi connectivity index (χ1n) is 10.6. The Labute approximate surface area is 170 Å². The fraction of sp³-hybridized carbons (Fsp3) is 0.900. The SMILES string of the molecule is CC(N)C1CCCN(C(=O)CCCCCNC(=O)NC2CCCCC2)C1.Cl. The molecule has 7 heteroatoms. The van der Waals surface area contributed by atoms with Crippen molar-refractivity contribution in [1.82, 2.24) is 15.5 Å². The molecule has 0 bridgehead atoms. The van der Waals surface area contributed by atoms with E-state index in [4.69, 9.17) is 5.73 Å². The lowest BCUT2D eigenvalue weighted by molar-refractivity contribution is -0.133. The van der Waals surface area contributed by atoms with E-state index in [1.165, 1.54) is 19.3 Å². The first-order chi connectivity index (χ1) is 12.6. The van der Waals surface area contributed by atoms with Gasteiger partial charge in [-0.2, -0.15) is 0 Å². The van der Waals surface area contributed by atoms with Crippen molar-refractivity contribution in [3.8, 4) is 0 Å². The van der Waals surface area contributed by atoms with Crippen LogP contribution < -0.4 is 16.4 Å². The Kier molecular flexibility index (Phi) is 11.8. The van der Waals surface area contributed by atoms with E-state index in [1.807, 2.05) is 11.8 Å². The minimum atomic E-state index is -0.0387. The van der Waals surface area contributed by atoms with Gasteiger partial charge in [-0.3, -0.25) is 4.79 Å². The van der Waals surface area contributed by atoms with Gasteiger partial charge in [0, 0.05) is 38.1 Å². The molecule has 0 radical (unpaired) electrons. The summed E-state index contributed by atoms with van der Waals surface area (Å²) in [5, 5.41) is 6.00. The van der Waals surface area contributed by atoms with E-state index < -0.39 is 0 Å². The standard InChI is InChI=1S/C20H38N4O2.ClH/c1-16(21)17-9-8-14-24(15-17)19(25)12-6-3-7-13-22-20(26)23-18-10-4-2-5-11-18;/h16-18H,2-15,21H2,1H3,(H2,22,23,26);1H. The first kappa shape index (κ1) is 24.0. The van der Waals surface area contributed by atoms with Crippen LogP contribution in [-0.2, 0) is 4.79 Å². The molecule has 0 aromatic heterocycles. The number of halogens is 1. The number of nitrogens with zero attached hydrogens (tertiary/aromatic N) is 1. The molecule has 0 aromatic rings. The Morgan fingerprint density at radius 2 is 1.81 bits per heavy atom. The largest absolute Gasteiger partial charge is 0.342 e. The third-order valence-corrected chi connectivity index (χ3v) is 5.85. The number of rotatable bonds is 8. The molecule has 1 aliphatic carbocycles. The van der Waals surface area contributed by atoms with E-state index in [1.54, 1.807) is 0 Å². The molecule has 0 spiro atoms. The number of carbonyl (C=O) groups is 2. The molecule has 2 unspecified atom stereocenters. The number of urea groups is 1. The zero-order valence-corrected chi connectivity index (χ0v) is 17.7. The first-order valence-corrected chi connectivity index (χ1v) is 10.6. The van der Waals surface area contributed by atoms with Crippen LogP contribution in [-0.4, -0.2) is 48.6 Å². The van der Waals surface area contributed by atoms with Crippen LogP contribution in [0, 0.1) is 5.92 Å². The second-order valence-corrected chi connectivity index (χ2v) is 8.15. The van der Waals surface area contributed by atoms with Gasteiger partial charge in [-0.25, -0.2) is 4.79 Å². The Hall–Kier alpha value is -1.01. The van der Waals surface area contributed by atoms with Crippen molar-refractivity contribution in [2.75, 3.05) is 19.6 Å². The van der Waals surface area contributed by atoms with Gasteiger partial charge in [-0.1, -0.05) is 25.7 Å². The van der Waals surface area contributed by atoms with E-state index in [-0.39, 0.29) is 30.4 Å². The van der Waals surface area contributed by atoms with Crippen LogP contribution in [0.2, 0.25) is 0 Å². The summed E-state index contributed by atoms with van der Waals surface area (Å²) in [4.78, 5) is 26.2. The van der Waals surface area contributed by atoms with Gasteiger partial charge in [0.2, 0.25) is 5.91 Å². The lowest BCUT2D eigenvalue weighted by Crippen LogP contribution is -2.45. The summed E-state index contributed by atoms with van der Waals surface area (Å²) in [6.07, 6.45) is 11.6. The fourth-order valence-corrected chi connectivity index (χ4v) is 4.09. The third kappa shape index (κ3) is 9.15. The number of carbonyl (C=O) groups excluding carboxylic acids is 2. The van der Waals surface area contributed by atoms with Gasteiger partial charge in [-0.15, -0.1) is 12.4 Å². The molecule has 158 valence electrons. The number of nitrogens with two attached hydrogens (primary N) is 1.